The first-order valence-electron chi connectivity index (χ1n) is 8.36. The van der Waals surface area contributed by atoms with Gasteiger partial charge in [-0.2, -0.15) is 18.2 Å². The van der Waals surface area contributed by atoms with E-state index in [9.17, 15) is 13.2 Å². The van der Waals surface area contributed by atoms with Crippen molar-refractivity contribution < 1.29 is 13.2 Å². The minimum atomic E-state index is -4.36. The van der Waals surface area contributed by atoms with Gasteiger partial charge in [-0.15, -0.1) is 0 Å². The van der Waals surface area contributed by atoms with Crippen molar-refractivity contribution in [3.05, 3.63) is 77.5 Å². The van der Waals surface area contributed by atoms with Crippen LogP contribution in [-0.2, 0) is 12.7 Å². The summed E-state index contributed by atoms with van der Waals surface area (Å²) >= 11 is 0. The maximum atomic E-state index is 12.7. The van der Waals surface area contributed by atoms with Crippen LogP contribution in [0.4, 0.5) is 30.6 Å². The first kappa shape index (κ1) is 18.7. The molecule has 0 aliphatic heterocycles. The summed E-state index contributed by atoms with van der Waals surface area (Å²) < 4.78 is 38.0. The predicted octanol–water partition coefficient (Wildman–Crippen LogP) is 5.18. The van der Waals surface area contributed by atoms with E-state index in [0.717, 1.165) is 29.2 Å². The molecular weight excluding hydrogens is 353 g/mol. The van der Waals surface area contributed by atoms with Crippen molar-refractivity contribution in [2.75, 3.05) is 17.3 Å². The third-order valence-electron chi connectivity index (χ3n) is 3.96. The van der Waals surface area contributed by atoms with Gasteiger partial charge in [0.25, 0.3) is 0 Å². The van der Waals surface area contributed by atoms with Gasteiger partial charge < -0.3 is 10.2 Å². The molecule has 0 aliphatic rings. The second-order valence-electron chi connectivity index (χ2n) is 6.23. The molecular formula is C20H19F3N4. The van der Waals surface area contributed by atoms with Crippen LogP contribution in [0.5, 0.6) is 0 Å². The highest BCUT2D eigenvalue weighted by Gasteiger charge is 2.29. The Morgan fingerprint density at radius 3 is 2.26 bits per heavy atom. The average molecular weight is 372 g/mol. The summed E-state index contributed by atoms with van der Waals surface area (Å²) in [4.78, 5) is 10.8. The van der Waals surface area contributed by atoms with E-state index < -0.39 is 11.7 Å². The van der Waals surface area contributed by atoms with Crippen LogP contribution < -0.4 is 10.2 Å². The van der Waals surface area contributed by atoms with Gasteiger partial charge in [0.2, 0.25) is 5.95 Å². The largest absolute Gasteiger partial charge is 0.416 e. The van der Waals surface area contributed by atoms with Gasteiger partial charge in [0.05, 0.1) is 5.56 Å². The topological polar surface area (TPSA) is 41.1 Å². The maximum Gasteiger partial charge on any atom is 0.416 e. The number of anilines is 3. The molecule has 1 aromatic heterocycles. The van der Waals surface area contributed by atoms with Crippen LogP contribution in [0.15, 0.2) is 60.7 Å². The fourth-order valence-corrected chi connectivity index (χ4v) is 2.61. The number of hydrogen-bond donors (Lipinski definition) is 1. The molecule has 0 aliphatic carbocycles. The molecule has 1 heterocycles. The second-order valence-corrected chi connectivity index (χ2v) is 6.23. The molecule has 3 aromatic rings. The van der Waals surface area contributed by atoms with E-state index in [4.69, 9.17) is 0 Å². The van der Waals surface area contributed by atoms with Gasteiger partial charge in [-0.05, 0) is 36.8 Å². The number of hydrogen-bond acceptors (Lipinski definition) is 4. The van der Waals surface area contributed by atoms with Gasteiger partial charge in [-0.1, -0.05) is 30.3 Å². The number of nitrogens with zero attached hydrogens (tertiary/aromatic N) is 3. The van der Waals surface area contributed by atoms with Crippen molar-refractivity contribution in [3.8, 4) is 0 Å². The van der Waals surface area contributed by atoms with Crippen LogP contribution in [0, 0.1) is 6.92 Å². The van der Waals surface area contributed by atoms with Crippen LogP contribution >= 0.6 is 0 Å². The third-order valence-corrected chi connectivity index (χ3v) is 3.96. The van der Waals surface area contributed by atoms with Gasteiger partial charge in [0.15, 0.2) is 0 Å². The minimum absolute atomic E-state index is 0.338. The Morgan fingerprint density at radius 2 is 1.63 bits per heavy atom. The minimum Gasteiger partial charge on any atom is -0.355 e. The fraction of sp³-hybridized carbons (Fsp3) is 0.200. The number of aromatic nitrogens is 2. The molecule has 140 valence electrons. The Hall–Kier alpha value is -3.09. The number of halogens is 3. The molecule has 0 radical (unpaired) electrons. The van der Waals surface area contributed by atoms with E-state index in [2.05, 4.69) is 15.3 Å². The monoisotopic (exact) mass is 372 g/mol. The van der Waals surface area contributed by atoms with Crippen molar-refractivity contribution in [3.63, 3.8) is 0 Å². The lowest BCUT2D eigenvalue weighted by Gasteiger charge is -2.19. The van der Waals surface area contributed by atoms with Crippen LogP contribution in [-0.4, -0.2) is 17.0 Å². The van der Waals surface area contributed by atoms with Crippen LogP contribution in [0.25, 0.3) is 0 Å². The van der Waals surface area contributed by atoms with Gasteiger partial charge >= 0.3 is 6.18 Å². The number of aryl methyl sites for hydroxylation is 1. The number of nitrogens with one attached hydrogen (secondary N) is 1. The summed E-state index contributed by atoms with van der Waals surface area (Å²) in [6.45, 7) is 2.52. The SMILES string of the molecule is Cc1cc(N(C)Cc2ccccc2)nc(Nc2ccc(C(F)(F)F)cc2)n1. The molecule has 1 N–H and O–H groups in total. The van der Waals surface area contributed by atoms with Gasteiger partial charge in [-0.3, -0.25) is 0 Å². The van der Waals surface area contributed by atoms with Crippen LogP contribution in [0.1, 0.15) is 16.8 Å². The van der Waals surface area contributed by atoms with E-state index in [1.54, 1.807) is 0 Å². The van der Waals surface area contributed by atoms with E-state index >= 15 is 0 Å². The normalized spacial score (nSPS) is 11.3. The van der Waals surface area contributed by atoms with Crippen LogP contribution in [0.3, 0.4) is 0 Å². The molecule has 0 amide bonds. The molecule has 4 nitrogen and oxygen atoms in total. The zero-order chi connectivity index (χ0) is 19.4. The third kappa shape index (κ3) is 4.97. The molecule has 0 unspecified atom stereocenters. The molecule has 27 heavy (non-hydrogen) atoms. The Balaban J connectivity index is 1.77. The summed E-state index contributed by atoms with van der Waals surface area (Å²) in [5.41, 5.74) is 1.70. The molecule has 0 saturated heterocycles. The molecule has 3 rings (SSSR count). The first-order valence-corrected chi connectivity index (χ1v) is 8.36. The molecule has 7 heteroatoms. The van der Waals surface area contributed by atoms with E-state index in [-0.39, 0.29) is 0 Å². The van der Waals surface area contributed by atoms with Crippen molar-refractivity contribution >= 4 is 17.5 Å². The van der Waals surface area contributed by atoms with Gasteiger partial charge in [0.1, 0.15) is 5.82 Å². The first-order chi connectivity index (χ1) is 12.8. The highest BCUT2D eigenvalue weighted by Crippen LogP contribution is 2.30. The van der Waals surface area contributed by atoms with E-state index in [1.807, 2.05) is 55.3 Å². The summed E-state index contributed by atoms with van der Waals surface area (Å²) in [6, 6.07) is 16.6. The maximum absolute atomic E-state index is 12.7. The summed E-state index contributed by atoms with van der Waals surface area (Å²) in [6.07, 6.45) is -4.36. The molecule has 0 atom stereocenters. The summed E-state index contributed by atoms with van der Waals surface area (Å²) in [5.74, 6) is 1.06. The van der Waals surface area contributed by atoms with Crippen molar-refractivity contribution in [2.24, 2.45) is 0 Å². The quantitative estimate of drug-likeness (QED) is 0.670. The number of rotatable bonds is 5. The van der Waals surface area contributed by atoms with E-state index in [1.165, 1.54) is 12.1 Å². The number of alkyl halides is 3. The Bertz CT molecular complexity index is 893. The fourth-order valence-electron chi connectivity index (χ4n) is 2.61. The molecule has 0 fully saturated rings. The zero-order valence-electron chi connectivity index (χ0n) is 15.0. The smallest absolute Gasteiger partial charge is 0.355 e. The van der Waals surface area contributed by atoms with Crippen molar-refractivity contribution in [2.45, 2.75) is 19.6 Å². The molecule has 2 aromatic carbocycles. The Labute approximate surface area is 155 Å². The molecule has 0 bridgehead atoms. The Kier molecular flexibility index (Phi) is 5.30. The second kappa shape index (κ2) is 7.65. The van der Waals surface area contributed by atoms with Gasteiger partial charge in [0, 0.05) is 31.0 Å². The Morgan fingerprint density at radius 1 is 0.963 bits per heavy atom. The highest BCUT2D eigenvalue weighted by molar-refractivity contribution is 5.56. The van der Waals surface area contributed by atoms with Crippen molar-refractivity contribution in [1.29, 1.82) is 0 Å². The predicted molar refractivity (Wildman–Crippen MR) is 100 cm³/mol. The van der Waals surface area contributed by atoms with E-state index in [0.29, 0.717) is 18.2 Å². The lowest BCUT2D eigenvalue weighted by atomic mass is 10.2. The standard InChI is InChI=1S/C20H19F3N4/c1-14-12-18(27(2)13-15-6-4-3-5-7-15)26-19(24-14)25-17-10-8-16(9-11-17)20(21,22)23/h3-12H,13H2,1-2H3,(H,24,25,26). The summed E-state index contributed by atoms with van der Waals surface area (Å²) in [7, 11) is 1.93. The van der Waals surface area contributed by atoms with Crippen LogP contribution in [0.2, 0.25) is 0 Å². The molecule has 0 saturated carbocycles. The summed E-state index contributed by atoms with van der Waals surface area (Å²) in [5, 5.41) is 2.97. The molecule has 0 spiro atoms. The average Bonchev–Trinajstić information content (AvgIpc) is 2.62. The lowest BCUT2D eigenvalue weighted by molar-refractivity contribution is -0.137. The van der Waals surface area contributed by atoms with Gasteiger partial charge in [-0.25, -0.2) is 4.98 Å². The highest BCUT2D eigenvalue weighted by atomic mass is 19.4. The number of benzene rings is 2. The lowest BCUT2D eigenvalue weighted by Crippen LogP contribution is -2.18. The van der Waals surface area contributed by atoms with Crippen molar-refractivity contribution in [1.82, 2.24) is 9.97 Å². The zero-order valence-corrected chi connectivity index (χ0v) is 15.0.